The van der Waals surface area contributed by atoms with Crippen LogP contribution in [0.15, 0.2) is 11.8 Å². The molecule has 2 heterocycles. The molecule has 0 aromatic carbocycles. The lowest BCUT2D eigenvalue weighted by Gasteiger charge is -2.42. The van der Waals surface area contributed by atoms with Gasteiger partial charge in [-0.2, -0.15) is 0 Å². The smallest absolute Gasteiger partial charge is 0.288 e. The zero-order chi connectivity index (χ0) is 19.1. The van der Waals surface area contributed by atoms with E-state index in [1.165, 1.54) is 32.1 Å². The number of amides is 1. The maximum atomic E-state index is 13.0. The van der Waals surface area contributed by atoms with Crippen LogP contribution in [0, 0.1) is 17.8 Å². The van der Waals surface area contributed by atoms with Gasteiger partial charge in [-0.25, -0.2) is 0 Å². The summed E-state index contributed by atoms with van der Waals surface area (Å²) in [5.74, 6) is 1.46. The van der Waals surface area contributed by atoms with Crippen molar-refractivity contribution in [2.45, 2.75) is 58.2 Å². The largest absolute Gasteiger partial charge is 0.459 e. The van der Waals surface area contributed by atoms with Crippen molar-refractivity contribution in [1.82, 2.24) is 4.90 Å². The van der Waals surface area contributed by atoms with Crippen LogP contribution in [0.25, 0.3) is 0 Å². The SMILES string of the molecule is CCO[C@@H]1OC(C(=O)N2CCOCC2)=C[C@H](C2CCCCC2)[C@H]1CCCO. The number of aliphatic hydroxyl groups excluding tert-OH is 1. The molecule has 1 saturated heterocycles. The highest BCUT2D eigenvalue weighted by Gasteiger charge is 2.41. The number of morpholine rings is 1. The molecule has 0 spiro atoms. The molecule has 2 fully saturated rings. The molecule has 1 N–H and O–H groups in total. The van der Waals surface area contributed by atoms with Crippen LogP contribution >= 0.6 is 0 Å². The predicted molar refractivity (Wildman–Crippen MR) is 102 cm³/mol. The van der Waals surface area contributed by atoms with Crippen molar-refractivity contribution >= 4 is 5.91 Å². The van der Waals surface area contributed by atoms with Gasteiger partial charge in [-0.3, -0.25) is 4.79 Å². The third kappa shape index (κ3) is 5.24. The fourth-order valence-corrected chi connectivity index (χ4v) is 4.76. The summed E-state index contributed by atoms with van der Waals surface area (Å²) >= 11 is 0. The first-order valence-electron chi connectivity index (χ1n) is 10.7. The van der Waals surface area contributed by atoms with Gasteiger partial charge < -0.3 is 24.2 Å². The van der Waals surface area contributed by atoms with E-state index in [-0.39, 0.29) is 24.3 Å². The average molecular weight is 382 g/mol. The summed E-state index contributed by atoms with van der Waals surface area (Å²) < 4.78 is 17.4. The van der Waals surface area contributed by atoms with Gasteiger partial charge in [-0.05, 0) is 50.5 Å². The lowest BCUT2D eigenvalue weighted by Crippen LogP contribution is -2.46. The normalized spacial score (nSPS) is 29.9. The molecule has 0 bridgehead atoms. The molecule has 6 heteroatoms. The summed E-state index contributed by atoms with van der Waals surface area (Å²) in [5.41, 5.74) is 0. The summed E-state index contributed by atoms with van der Waals surface area (Å²) in [6.45, 7) is 5.08. The monoisotopic (exact) mass is 381 g/mol. The molecule has 1 saturated carbocycles. The van der Waals surface area contributed by atoms with Crippen LogP contribution in [-0.2, 0) is 19.0 Å². The summed E-state index contributed by atoms with van der Waals surface area (Å²) in [6.07, 6.45) is 9.51. The Morgan fingerprint density at radius 2 is 2.00 bits per heavy atom. The van der Waals surface area contributed by atoms with Gasteiger partial charge in [0.15, 0.2) is 5.76 Å². The van der Waals surface area contributed by atoms with Gasteiger partial charge >= 0.3 is 0 Å². The maximum absolute atomic E-state index is 13.0. The zero-order valence-electron chi connectivity index (χ0n) is 16.6. The Kier molecular flexibility index (Phi) is 7.97. The highest BCUT2D eigenvalue weighted by molar-refractivity contribution is 5.91. The molecule has 0 aromatic rings. The van der Waals surface area contributed by atoms with Gasteiger partial charge in [0, 0.05) is 32.2 Å². The van der Waals surface area contributed by atoms with Crippen LogP contribution in [0.2, 0.25) is 0 Å². The first kappa shape index (κ1) is 20.6. The Morgan fingerprint density at radius 1 is 1.26 bits per heavy atom. The van der Waals surface area contributed by atoms with E-state index in [1.807, 2.05) is 11.8 Å². The molecular formula is C21H35NO5. The minimum absolute atomic E-state index is 0.0376. The first-order valence-corrected chi connectivity index (χ1v) is 10.7. The molecule has 3 aliphatic rings. The van der Waals surface area contributed by atoms with E-state index < -0.39 is 6.29 Å². The molecule has 1 aliphatic carbocycles. The van der Waals surface area contributed by atoms with Crippen molar-refractivity contribution in [3.8, 4) is 0 Å². The van der Waals surface area contributed by atoms with Crippen molar-refractivity contribution in [3.05, 3.63) is 11.8 Å². The number of hydrogen-bond donors (Lipinski definition) is 1. The number of carbonyl (C=O) groups is 1. The van der Waals surface area contributed by atoms with Gasteiger partial charge in [0.05, 0.1) is 13.2 Å². The summed E-state index contributed by atoms with van der Waals surface area (Å²) in [5, 5.41) is 9.35. The Balaban J connectivity index is 1.82. The number of ether oxygens (including phenoxy) is 3. The summed E-state index contributed by atoms with van der Waals surface area (Å²) in [6, 6.07) is 0. The number of allylic oxidation sites excluding steroid dienone is 1. The van der Waals surface area contributed by atoms with Gasteiger partial charge in [0.2, 0.25) is 6.29 Å². The average Bonchev–Trinajstić information content (AvgIpc) is 2.73. The second-order valence-corrected chi connectivity index (χ2v) is 7.88. The second-order valence-electron chi connectivity index (χ2n) is 7.88. The third-order valence-corrected chi connectivity index (χ3v) is 6.16. The Morgan fingerprint density at radius 3 is 2.67 bits per heavy atom. The van der Waals surface area contributed by atoms with Crippen LogP contribution in [-0.4, -0.2) is 61.7 Å². The molecule has 0 radical (unpaired) electrons. The highest BCUT2D eigenvalue weighted by Crippen LogP contribution is 2.42. The van der Waals surface area contributed by atoms with Gasteiger partial charge in [-0.1, -0.05) is 19.3 Å². The van der Waals surface area contributed by atoms with E-state index in [4.69, 9.17) is 14.2 Å². The van der Waals surface area contributed by atoms with Crippen molar-refractivity contribution < 1.29 is 24.1 Å². The molecule has 2 aliphatic heterocycles. The fourth-order valence-electron chi connectivity index (χ4n) is 4.76. The van der Waals surface area contributed by atoms with Gasteiger partial charge in [-0.15, -0.1) is 0 Å². The maximum Gasteiger partial charge on any atom is 0.288 e. The van der Waals surface area contributed by atoms with E-state index in [9.17, 15) is 9.90 Å². The van der Waals surface area contributed by atoms with Crippen molar-refractivity contribution in [3.63, 3.8) is 0 Å². The zero-order valence-corrected chi connectivity index (χ0v) is 16.6. The summed E-state index contributed by atoms with van der Waals surface area (Å²) in [7, 11) is 0. The Labute approximate surface area is 162 Å². The van der Waals surface area contributed by atoms with Crippen LogP contribution in [0.3, 0.4) is 0 Å². The van der Waals surface area contributed by atoms with E-state index in [0.717, 1.165) is 12.8 Å². The number of nitrogens with zero attached hydrogens (tertiary/aromatic N) is 1. The van der Waals surface area contributed by atoms with Crippen LogP contribution in [0.4, 0.5) is 0 Å². The third-order valence-electron chi connectivity index (χ3n) is 6.16. The quantitative estimate of drug-likeness (QED) is 0.734. The number of aliphatic hydroxyl groups is 1. The highest BCUT2D eigenvalue weighted by atomic mass is 16.7. The molecule has 6 nitrogen and oxygen atoms in total. The fraction of sp³-hybridized carbons (Fsp3) is 0.857. The lowest BCUT2D eigenvalue weighted by atomic mass is 9.71. The molecular weight excluding hydrogens is 346 g/mol. The predicted octanol–water partition coefficient (Wildman–Crippen LogP) is 2.71. The molecule has 154 valence electrons. The minimum Gasteiger partial charge on any atom is -0.459 e. The molecule has 3 rings (SSSR count). The number of hydrogen-bond acceptors (Lipinski definition) is 5. The summed E-state index contributed by atoms with van der Waals surface area (Å²) in [4.78, 5) is 14.9. The minimum atomic E-state index is -0.404. The molecule has 1 amide bonds. The molecule has 27 heavy (non-hydrogen) atoms. The number of rotatable bonds is 7. The van der Waals surface area contributed by atoms with Crippen molar-refractivity contribution in [1.29, 1.82) is 0 Å². The Bertz CT molecular complexity index is 497. The van der Waals surface area contributed by atoms with Gasteiger partial charge in [0.25, 0.3) is 5.91 Å². The molecule has 0 aromatic heterocycles. The molecule has 3 atom stereocenters. The Hall–Kier alpha value is -1.11. The van der Waals surface area contributed by atoms with Crippen LogP contribution in [0.1, 0.15) is 51.9 Å². The topological polar surface area (TPSA) is 68.2 Å². The lowest BCUT2D eigenvalue weighted by molar-refractivity contribution is -0.180. The standard InChI is InChI=1S/C21H35NO5/c1-2-26-21-17(9-6-12-23)18(16-7-4-3-5-8-16)15-19(27-21)20(24)22-10-13-25-14-11-22/h15-18,21,23H,2-14H2,1H3/t17-,18-,21-/m1/s1. The van der Waals surface area contributed by atoms with Gasteiger partial charge in [0.1, 0.15) is 0 Å². The van der Waals surface area contributed by atoms with Crippen molar-refractivity contribution in [2.75, 3.05) is 39.5 Å². The van der Waals surface area contributed by atoms with E-state index in [2.05, 4.69) is 6.08 Å². The van der Waals surface area contributed by atoms with Crippen LogP contribution < -0.4 is 0 Å². The van der Waals surface area contributed by atoms with E-state index >= 15 is 0 Å². The number of carbonyl (C=O) groups excluding carboxylic acids is 1. The second kappa shape index (κ2) is 10.4. The van der Waals surface area contributed by atoms with Crippen molar-refractivity contribution in [2.24, 2.45) is 17.8 Å². The van der Waals surface area contributed by atoms with E-state index in [0.29, 0.717) is 44.6 Å². The molecule has 0 unspecified atom stereocenters. The van der Waals surface area contributed by atoms with Crippen LogP contribution in [0.5, 0.6) is 0 Å². The van der Waals surface area contributed by atoms with E-state index in [1.54, 1.807) is 0 Å². The first-order chi connectivity index (χ1) is 13.2.